The van der Waals surface area contributed by atoms with E-state index < -0.39 is 11.9 Å². The van der Waals surface area contributed by atoms with Crippen molar-refractivity contribution in [2.24, 2.45) is 0 Å². The SMILES string of the molecule is O=C(COC(=O)CSc1ccccc1Cl)Nc1ccc(Br)cc1Cl. The van der Waals surface area contributed by atoms with Gasteiger partial charge in [0, 0.05) is 9.37 Å². The van der Waals surface area contributed by atoms with E-state index in [2.05, 4.69) is 21.2 Å². The van der Waals surface area contributed by atoms with Gasteiger partial charge in [0.25, 0.3) is 5.91 Å². The van der Waals surface area contributed by atoms with Crippen LogP contribution in [0.25, 0.3) is 0 Å². The van der Waals surface area contributed by atoms with Gasteiger partial charge >= 0.3 is 5.97 Å². The summed E-state index contributed by atoms with van der Waals surface area (Å²) in [5.74, 6) is -0.900. The summed E-state index contributed by atoms with van der Waals surface area (Å²) < 4.78 is 5.73. The molecule has 2 aromatic carbocycles. The van der Waals surface area contributed by atoms with Gasteiger partial charge in [-0.05, 0) is 30.3 Å². The normalized spacial score (nSPS) is 10.3. The highest BCUT2D eigenvalue weighted by Crippen LogP contribution is 2.27. The molecule has 0 radical (unpaired) electrons. The summed E-state index contributed by atoms with van der Waals surface area (Å²) in [7, 11) is 0. The summed E-state index contributed by atoms with van der Waals surface area (Å²) in [6, 6.07) is 12.2. The molecule has 0 aliphatic heterocycles. The standard InChI is InChI=1S/C16H12BrCl2NO3S/c17-10-5-6-13(12(19)7-10)20-15(21)8-23-16(22)9-24-14-4-2-1-3-11(14)18/h1-7H,8-9H2,(H,20,21). The van der Waals surface area contributed by atoms with Gasteiger partial charge in [-0.2, -0.15) is 0 Å². The van der Waals surface area contributed by atoms with Crippen LogP contribution < -0.4 is 5.32 Å². The Morgan fingerprint density at radius 3 is 2.58 bits per heavy atom. The first-order valence-corrected chi connectivity index (χ1v) is 9.27. The lowest BCUT2D eigenvalue weighted by atomic mass is 10.3. The van der Waals surface area contributed by atoms with Crippen LogP contribution in [0.3, 0.4) is 0 Å². The van der Waals surface area contributed by atoms with Crippen molar-refractivity contribution in [3.63, 3.8) is 0 Å². The monoisotopic (exact) mass is 447 g/mol. The van der Waals surface area contributed by atoms with Gasteiger partial charge in [0.2, 0.25) is 0 Å². The average Bonchev–Trinajstić information content (AvgIpc) is 2.55. The third-order valence-corrected chi connectivity index (χ3v) is 5.05. The molecule has 1 amide bonds. The van der Waals surface area contributed by atoms with Crippen molar-refractivity contribution in [1.29, 1.82) is 0 Å². The Morgan fingerprint density at radius 2 is 1.88 bits per heavy atom. The van der Waals surface area contributed by atoms with Crippen molar-refractivity contribution in [2.45, 2.75) is 4.90 Å². The number of hydrogen-bond donors (Lipinski definition) is 1. The van der Waals surface area contributed by atoms with Gasteiger partial charge in [-0.3, -0.25) is 9.59 Å². The molecule has 0 aliphatic rings. The molecule has 0 saturated heterocycles. The molecule has 2 aromatic rings. The van der Waals surface area contributed by atoms with Crippen molar-refractivity contribution >= 4 is 68.5 Å². The van der Waals surface area contributed by atoms with E-state index in [9.17, 15) is 9.59 Å². The highest BCUT2D eigenvalue weighted by Gasteiger charge is 2.11. The summed E-state index contributed by atoms with van der Waals surface area (Å²) in [4.78, 5) is 24.3. The first-order chi connectivity index (χ1) is 11.5. The Morgan fingerprint density at radius 1 is 1.12 bits per heavy atom. The number of rotatable bonds is 6. The highest BCUT2D eigenvalue weighted by atomic mass is 79.9. The molecule has 0 spiro atoms. The van der Waals surface area contributed by atoms with E-state index >= 15 is 0 Å². The molecule has 2 rings (SSSR count). The summed E-state index contributed by atoms with van der Waals surface area (Å²) in [5, 5.41) is 3.53. The number of amides is 1. The quantitative estimate of drug-likeness (QED) is 0.497. The second-order valence-electron chi connectivity index (χ2n) is 4.55. The zero-order valence-corrected chi connectivity index (χ0v) is 16.1. The zero-order chi connectivity index (χ0) is 17.5. The maximum Gasteiger partial charge on any atom is 0.316 e. The van der Waals surface area contributed by atoms with Crippen LogP contribution in [0.5, 0.6) is 0 Å². The molecule has 0 fully saturated rings. The van der Waals surface area contributed by atoms with Crippen LogP contribution in [0.15, 0.2) is 51.8 Å². The topological polar surface area (TPSA) is 55.4 Å². The molecule has 0 saturated carbocycles. The summed E-state index contributed by atoms with van der Waals surface area (Å²) >= 11 is 16.5. The predicted octanol–water partition coefficient (Wildman–Crippen LogP) is 5.03. The van der Waals surface area contributed by atoms with E-state index in [0.29, 0.717) is 15.7 Å². The van der Waals surface area contributed by atoms with Gasteiger partial charge in [0.15, 0.2) is 6.61 Å². The lowest BCUT2D eigenvalue weighted by Gasteiger charge is -2.08. The summed E-state index contributed by atoms with van der Waals surface area (Å²) in [6.07, 6.45) is 0. The van der Waals surface area contributed by atoms with Crippen molar-refractivity contribution in [3.8, 4) is 0 Å². The zero-order valence-electron chi connectivity index (χ0n) is 12.2. The van der Waals surface area contributed by atoms with Gasteiger partial charge in [0.05, 0.1) is 21.5 Å². The van der Waals surface area contributed by atoms with E-state index in [1.807, 2.05) is 18.2 Å². The third-order valence-electron chi connectivity index (χ3n) is 2.75. The number of esters is 1. The molecular formula is C16H12BrCl2NO3S. The smallest absolute Gasteiger partial charge is 0.316 e. The average molecular weight is 449 g/mol. The lowest BCUT2D eigenvalue weighted by molar-refractivity contribution is -0.144. The molecule has 1 N–H and O–H groups in total. The molecule has 0 bridgehead atoms. The van der Waals surface area contributed by atoms with Crippen LogP contribution in [0, 0.1) is 0 Å². The largest absolute Gasteiger partial charge is 0.455 e. The minimum atomic E-state index is -0.503. The van der Waals surface area contributed by atoms with Gasteiger partial charge in [-0.15, -0.1) is 11.8 Å². The molecule has 0 atom stereocenters. The van der Waals surface area contributed by atoms with Crippen LogP contribution >= 0.6 is 50.9 Å². The molecule has 24 heavy (non-hydrogen) atoms. The van der Waals surface area contributed by atoms with Crippen molar-refractivity contribution < 1.29 is 14.3 Å². The fourth-order valence-corrected chi connectivity index (χ4v) is 3.42. The van der Waals surface area contributed by atoms with Crippen molar-refractivity contribution in [3.05, 3.63) is 57.0 Å². The summed E-state index contributed by atoms with van der Waals surface area (Å²) in [6.45, 7) is -0.381. The molecule has 8 heteroatoms. The molecule has 0 unspecified atom stereocenters. The highest BCUT2D eigenvalue weighted by molar-refractivity contribution is 9.10. The maximum atomic E-state index is 11.8. The van der Waals surface area contributed by atoms with E-state index in [0.717, 1.165) is 9.37 Å². The second kappa shape index (κ2) is 9.32. The van der Waals surface area contributed by atoms with Gasteiger partial charge in [-0.25, -0.2) is 0 Å². The Labute approximate surface area is 162 Å². The predicted molar refractivity (Wildman–Crippen MR) is 101 cm³/mol. The number of anilines is 1. The third kappa shape index (κ3) is 6.02. The second-order valence-corrected chi connectivity index (χ2v) is 7.30. The van der Waals surface area contributed by atoms with E-state index in [4.69, 9.17) is 27.9 Å². The minimum Gasteiger partial charge on any atom is -0.455 e. The number of hydrogen-bond acceptors (Lipinski definition) is 4. The molecule has 4 nitrogen and oxygen atoms in total. The number of nitrogens with one attached hydrogen (secondary N) is 1. The maximum absolute atomic E-state index is 11.8. The first kappa shape index (κ1) is 19.1. The van der Waals surface area contributed by atoms with Crippen LogP contribution in [0.1, 0.15) is 0 Å². The van der Waals surface area contributed by atoms with Crippen LogP contribution in [0.2, 0.25) is 10.0 Å². The Hall–Kier alpha value is -1.21. The lowest BCUT2D eigenvalue weighted by Crippen LogP contribution is -2.21. The van der Waals surface area contributed by atoms with Crippen LogP contribution in [-0.2, 0) is 14.3 Å². The number of ether oxygens (including phenoxy) is 1. The fraction of sp³-hybridized carbons (Fsp3) is 0.125. The fourth-order valence-electron chi connectivity index (χ4n) is 1.66. The molecular weight excluding hydrogens is 437 g/mol. The van der Waals surface area contributed by atoms with E-state index in [-0.39, 0.29) is 12.4 Å². The summed E-state index contributed by atoms with van der Waals surface area (Å²) in [5.41, 5.74) is 0.450. The Kier molecular flexibility index (Phi) is 7.42. The Bertz CT molecular complexity index is 758. The number of benzene rings is 2. The van der Waals surface area contributed by atoms with Gasteiger partial charge in [0.1, 0.15) is 0 Å². The molecule has 0 aliphatic carbocycles. The molecule has 126 valence electrons. The molecule has 0 heterocycles. The number of halogens is 3. The van der Waals surface area contributed by atoms with E-state index in [1.54, 1.807) is 24.3 Å². The van der Waals surface area contributed by atoms with Gasteiger partial charge in [-0.1, -0.05) is 51.3 Å². The van der Waals surface area contributed by atoms with Gasteiger partial charge < -0.3 is 10.1 Å². The number of carbonyl (C=O) groups excluding carboxylic acids is 2. The van der Waals surface area contributed by atoms with Crippen LogP contribution in [0.4, 0.5) is 5.69 Å². The Balaban J connectivity index is 1.77. The first-order valence-electron chi connectivity index (χ1n) is 6.73. The van der Waals surface area contributed by atoms with Crippen LogP contribution in [-0.4, -0.2) is 24.2 Å². The van der Waals surface area contributed by atoms with E-state index in [1.165, 1.54) is 11.8 Å². The van der Waals surface area contributed by atoms with Crippen molar-refractivity contribution in [1.82, 2.24) is 0 Å². The molecule has 0 aromatic heterocycles. The number of thioether (sulfide) groups is 1. The van der Waals surface area contributed by atoms with Crippen molar-refractivity contribution in [2.75, 3.05) is 17.7 Å². The number of carbonyl (C=O) groups is 2. The minimum absolute atomic E-state index is 0.0655.